The molecule has 0 unspecified atom stereocenters. The Kier molecular flexibility index (Phi) is 4.57. The van der Waals surface area contributed by atoms with Crippen LogP contribution in [0, 0.1) is 0 Å². The van der Waals surface area contributed by atoms with Gasteiger partial charge in [0, 0.05) is 16.2 Å². The Labute approximate surface area is 107 Å². The monoisotopic (exact) mass is 240 g/mol. The molecule has 0 nitrogen and oxygen atoms in total. The molecule has 0 fully saturated rings. The predicted molar refractivity (Wildman–Crippen MR) is 78.7 cm³/mol. The van der Waals surface area contributed by atoms with Crippen LogP contribution in [0.4, 0.5) is 0 Å². The zero-order valence-corrected chi connectivity index (χ0v) is 12.5. The Morgan fingerprint density at radius 1 is 0.765 bits per heavy atom. The fourth-order valence-corrected chi connectivity index (χ4v) is 2.71. The molecule has 0 aliphatic heterocycles. The molecule has 0 aliphatic rings. The highest BCUT2D eigenvalue weighted by Gasteiger charge is 2.12. The number of hydrogen-bond donors (Lipinski definition) is 0. The van der Waals surface area contributed by atoms with E-state index in [-0.39, 0.29) is 0 Å². The van der Waals surface area contributed by atoms with Gasteiger partial charge in [0.1, 0.15) is 0 Å². The van der Waals surface area contributed by atoms with E-state index in [2.05, 4.69) is 60.7 Å². The Morgan fingerprint density at radius 3 is 1.65 bits per heavy atom. The molecular weight excluding hydrogens is 220 g/mol. The van der Waals surface area contributed by atoms with Crippen LogP contribution in [0.3, 0.4) is 0 Å². The van der Waals surface area contributed by atoms with Crippen LogP contribution < -0.4 is 0 Å². The second kappa shape index (κ2) is 6.41. The van der Waals surface area contributed by atoms with Crippen molar-refractivity contribution in [3.8, 4) is 0 Å². The van der Waals surface area contributed by atoms with Gasteiger partial charge in [-0.25, -0.2) is 0 Å². The van der Waals surface area contributed by atoms with Gasteiger partial charge in [-0.2, -0.15) is 0 Å². The van der Waals surface area contributed by atoms with Crippen LogP contribution in [-0.4, -0.2) is 10.2 Å². The fourth-order valence-electron chi connectivity index (χ4n) is 2.30. The lowest BCUT2D eigenvalue weighted by atomic mass is 9.88. The minimum Gasteiger partial charge on any atom is -0.0658 e. The fraction of sp³-hybridized carbons (Fsp3) is 0.250. The quantitative estimate of drug-likeness (QED) is 0.703. The molecule has 0 spiro atoms. The largest absolute Gasteiger partial charge is 0.0658 e. The van der Waals surface area contributed by atoms with Gasteiger partial charge in [0.05, 0.1) is 0 Å². The van der Waals surface area contributed by atoms with Crippen LogP contribution in [-0.2, 0) is 0 Å². The number of rotatable bonds is 5. The minimum atomic E-state index is 0.575. The van der Waals surface area contributed by atoms with E-state index in [1.807, 2.05) is 0 Å². The second-order valence-corrected chi connectivity index (χ2v) is 5.52. The summed E-state index contributed by atoms with van der Waals surface area (Å²) in [6, 6.07) is 23.2. The summed E-state index contributed by atoms with van der Waals surface area (Å²) in [5, 5.41) is 0. The van der Waals surface area contributed by atoms with Crippen molar-refractivity contribution in [2.24, 2.45) is 0 Å². The van der Waals surface area contributed by atoms with E-state index in [0.29, 0.717) is 5.92 Å². The van der Waals surface area contributed by atoms with E-state index in [9.17, 15) is 0 Å². The molecule has 88 valence electrons. The van der Waals surface area contributed by atoms with Gasteiger partial charge >= 0.3 is 0 Å². The van der Waals surface area contributed by atoms with E-state index < -0.39 is 0 Å². The lowest BCUT2D eigenvalue weighted by molar-refractivity contribution is 0.698. The average Bonchev–Trinajstić information content (AvgIpc) is 2.42. The summed E-state index contributed by atoms with van der Waals surface area (Å²) < 4.78 is 0. The van der Waals surface area contributed by atoms with Gasteiger partial charge in [0.25, 0.3) is 0 Å². The second-order valence-electron chi connectivity index (χ2n) is 4.52. The molecule has 0 atom stereocenters. The van der Waals surface area contributed by atoms with E-state index in [0.717, 1.165) is 0 Å². The van der Waals surface area contributed by atoms with Crippen molar-refractivity contribution in [1.82, 2.24) is 0 Å². The molecule has 0 heterocycles. The minimum absolute atomic E-state index is 0.575. The van der Waals surface area contributed by atoms with E-state index >= 15 is 0 Å². The maximum atomic E-state index is 2.25. The van der Waals surface area contributed by atoms with Gasteiger partial charge < -0.3 is 0 Å². The molecule has 2 aromatic carbocycles. The summed E-state index contributed by atoms with van der Waals surface area (Å²) in [5.41, 5.74) is 2.91. The highest BCUT2D eigenvalue weighted by molar-refractivity contribution is 6.08. The van der Waals surface area contributed by atoms with Crippen LogP contribution in [0.2, 0.25) is 6.04 Å². The topological polar surface area (TPSA) is 0 Å². The zero-order chi connectivity index (χ0) is 11.9. The first-order valence-electron chi connectivity index (χ1n) is 6.51. The highest BCUT2D eigenvalue weighted by atomic mass is 28.1. The highest BCUT2D eigenvalue weighted by Crippen LogP contribution is 2.29. The van der Waals surface area contributed by atoms with Crippen LogP contribution in [0.5, 0.6) is 0 Å². The standard InChI is InChI=1S/C16H20Si/c17-13-7-12-16(14-8-3-1-4-9-14)15-10-5-2-6-11-15/h1-6,8-11,16H,7,12-13H2,17H3. The molecule has 0 aliphatic carbocycles. The maximum absolute atomic E-state index is 2.25. The Hall–Kier alpha value is -1.34. The van der Waals surface area contributed by atoms with Crippen molar-refractivity contribution in [2.75, 3.05) is 0 Å². The molecule has 0 amide bonds. The van der Waals surface area contributed by atoms with Crippen LogP contribution in [0.1, 0.15) is 29.9 Å². The first kappa shape index (κ1) is 12.1. The molecule has 2 aromatic rings. The lowest BCUT2D eigenvalue weighted by Crippen LogP contribution is -2.00. The van der Waals surface area contributed by atoms with Crippen LogP contribution in [0.25, 0.3) is 0 Å². The lowest BCUT2D eigenvalue weighted by Gasteiger charge is -2.17. The number of benzene rings is 2. The third kappa shape index (κ3) is 3.30. The number of hydrogen-bond acceptors (Lipinski definition) is 0. The third-order valence-corrected chi connectivity index (χ3v) is 3.96. The first-order valence-corrected chi connectivity index (χ1v) is 7.93. The molecule has 2 rings (SSSR count). The Balaban J connectivity index is 2.26. The van der Waals surface area contributed by atoms with Crippen LogP contribution in [0.15, 0.2) is 60.7 Å². The summed E-state index contributed by atoms with van der Waals surface area (Å²) in [4.78, 5) is 0. The predicted octanol–water partition coefficient (Wildman–Crippen LogP) is 3.38. The summed E-state index contributed by atoms with van der Waals surface area (Å²) in [5.74, 6) is 0.575. The zero-order valence-electron chi connectivity index (χ0n) is 10.5. The SMILES string of the molecule is [SiH3]CCCC(c1ccccc1)c1ccccc1. The molecule has 0 aromatic heterocycles. The van der Waals surface area contributed by atoms with Crippen molar-refractivity contribution in [1.29, 1.82) is 0 Å². The summed E-state index contributed by atoms with van der Waals surface area (Å²) in [6.07, 6.45) is 2.62. The molecule has 0 saturated carbocycles. The van der Waals surface area contributed by atoms with Crippen molar-refractivity contribution >= 4 is 10.2 Å². The van der Waals surface area contributed by atoms with Gasteiger partial charge in [-0.3, -0.25) is 0 Å². The van der Waals surface area contributed by atoms with Crippen molar-refractivity contribution in [2.45, 2.75) is 24.8 Å². The molecule has 0 radical (unpaired) electrons. The van der Waals surface area contributed by atoms with Gasteiger partial charge in [0.15, 0.2) is 0 Å². The average molecular weight is 240 g/mol. The van der Waals surface area contributed by atoms with E-state index in [4.69, 9.17) is 0 Å². The summed E-state index contributed by atoms with van der Waals surface area (Å²) in [6.45, 7) is 0. The normalized spacial score (nSPS) is 10.9. The van der Waals surface area contributed by atoms with Gasteiger partial charge in [-0.15, -0.1) is 0 Å². The molecule has 1 heteroatoms. The Morgan fingerprint density at radius 2 is 1.24 bits per heavy atom. The van der Waals surface area contributed by atoms with Gasteiger partial charge in [-0.1, -0.05) is 73.1 Å². The molecule has 17 heavy (non-hydrogen) atoms. The van der Waals surface area contributed by atoms with Gasteiger partial charge in [-0.05, 0) is 17.5 Å². The maximum Gasteiger partial charge on any atom is 0.00892 e. The van der Waals surface area contributed by atoms with E-state index in [1.54, 1.807) is 0 Å². The first-order chi connectivity index (χ1) is 8.42. The molecule has 0 saturated heterocycles. The van der Waals surface area contributed by atoms with Crippen molar-refractivity contribution in [3.05, 3.63) is 71.8 Å². The summed E-state index contributed by atoms with van der Waals surface area (Å²) >= 11 is 0. The smallest absolute Gasteiger partial charge is 0.00892 e. The third-order valence-electron chi connectivity index (χ3n) is 3.25. The molecule has 0 bridgehead atoms. The van der Waals surface area contributed by atoms with Gasteiger partial charge in [0.2, 0.25) is 0 Å². The molecule has 0 N–H and O–H groups in total. The summed E-state index contributed by atoms with van der Waals surface area (Å²) in [7, 11) is 1.32. The van der Waals surface area contributed by atoms with E-state index in [1.165, 1.54) is 40.3 Å². The van der Waals surface area contributed by atoms with Crippen molar-refractivity contribution < 1.29 is 0 Å². The van der Waals surface area contributed by atoms with Crippen LogP contribution >= 0.6 is 0 Å². The molecular formula is C16H20Si. The Bertz CT molecular complexity index is 382. The van der Waals surface area contributed by atoms with Crippen molar-refractivity contribution in [3.63, 3.8) is 0 Å².